The number of benzene rings is 2. The van der Waals surface area contributed by atoms with Crippen molar-refractivity contribution in [2.24, 2.45) is 0 Å². The molecule has 2 N–H and O–H groups in total. The molecule has 0 aromatic heterocycles. The number of hydrogen-bond donors (Lipinski definition) is 2. The van der Waals surface area contributed by atoms with Crippen LogP contribution in [0.25, 0.3) is 6.08 Å². The van der Waals surface area contributed by atoms with E-state index in [0.717, 1.165) is 22.1 Å². The van der Waals surface area contributed by atoms with E-state index in [9.17, 15) is 13.5 Å². The van der Waals surface area contributed by atoms with Crippen molar-refractivity contribution in [2.75, 3.05) is 6.54 Å². The topological polar surface area (TPSA) is 66.4 Å². The molecule has 0 aliphatic carbocycles. The zero-order valence-electron chi connectivity index (χ0n) is 14.6. The van der Waals surface area contributed by atoms with E-state index in [1.807, 2.05) is 61.5 Å². The molecule has 1 atom stereocenters. The molecule has 0 radical (unpaired) electrons. The van der Waals surface area contributed by atoms with Crippen LogP contribution in [0.15, 0.2) is 60.0 Å². The first kappa shape index (κ1) is 19.4. The standard InChI is InChI=1S/C20H25NO3S/c1-17-8-10-19(11-9-17)13-15-25(23,24)21-16-20(2,22)14-12-18-6-4-3-5-7-18/h3-11,13,15,21-22H,12,14,16H2,1-2H3/b15-13+/t20-/m1/s1. The van der Waals surface area contributed by atoms with E-state index in [1.165, 1.54) is 0 Å². The number of sulfonamides is 1. The molecule has 0 unspecified atom stereocenters. The van der Waals surface area contributed by atoms with Crippen molar-refractivity contribution in [3.05, 3.63) is 76.7 Å². The summed E-state index contributed by atoms with van der Waals surface area (Å²) in [6, 6.07) is 17.4. The minimum atomic E-state index is -3.60. The second-order valence-electron chi connectivity index (χ2n) is 6.56. The van der Waals surface area contributed by atoms with Gasteiger partial charge in [0.1, 0.15) is 0 Å². The first-order valence-electron chi connectivity index (χ1n) is 8.27. The van der Waals surface area contributed by atoms with Crippen molar-refractivity contribution in [1.29, 1.82) is 0 Å². The van der Waals surface area contributed by atoms with Crippen LogP contribution in [0.5, 0.6) is 0 Å². The van der Waals surface area contributed by atoms with E-state index in [2.05, 4.69) is 4.72 Å². The van der Waals surface area contributed by atoms with Crippen LogP contribution in [0, 0.1) is 6.92 Å². The summed E-state index contributed by atoms with van der Waals surface area (Å²) in [5.41, 5.74) is 1.94. The number of nitrogens with one attached hydrogen (secondary N) is 1. The Balaban J connectivity index is 1.88. The van der Waals surface area contributed by atoms with E-state index < -0.39 is 15.6 Å². The van der Waals surface area contributed by atoms with Gasteiger partial charge in [-0.2, -0.15) is 0 Å². The fourth-order valence-electron chi connectivity index (χ4n) is 2.30. The molecular weight excluding hydrogens is 334 g/mol. The third-order valence-corrected chi connectivity index (χ3v) is 5.01. The Morgan fingerprint density at radius 2 is 1.72 bits per heavy atom. The van der Waals surface area contributed by atoms with Crippen LogP contribution < -0.4 is 4.72 Å². The number of aliphatic hydroxyl groups is 1. The molecule has 5 heteroatoms. The summed E-state index contributed by atoms with van der Waals surface area (Å²) in [6.45, 7) is 3.59. The fourth-order valence-corrected chi connectivity index (χ4v) is 3.24. The average Bonchev–Trinajstić information content (AvgIpc) is 2.59. The predicted octanol–water partition coefficient (Wildman–Crippen LogP) is 3.27. The number of aryl methyl sites for hydroxylation is 2. The van der Waals surface area contributed by atoms with E-state index in [-0.39, 0.29) is 6.54 Å². The molecule has 2 aromatic carbocycles. The lowest BCUT2D eigenvalue weighted by atomic mass is 9.97. The lowest BCUT2D eigenvalue weighted by Gasteiger charge is -2.23. The Morgan fingerprint density at radius 3 is 2.36 bits per heavy atom. The Bertz CT molecular complexity index is 795. The van der Waals surface area contributed by atoms with Crippen molar-refractivity contribution in [3.63, 3.8) is 0 Å². The van der Waals surface area contributed by atoms with Crippen LogP contribution in [0.2, 0.25) is 0 Å². The van der Waals surface area contributed by atoms with Gasteiger partial charge in [0, 0.05) is 12.0 Å². The van der Waals surface area contributed by atoms with Gasteiger partial charge in [-0.1, -0.05) is 60.2 Å². The Labute approximate surface area is 150 Å². The Kier molecular flexibility index (Phi) is 6.53. The lowest BCUT2D eigenvalue weighted by molar-refractivity contribution is 0.0566. The molecule has 0 aliphatic heterocycles. The van der Waals surface area contributed by atoms with E-state index >= 15 is 0 Å². The summed E-state index contributed by atoms with van der Waals surface area (Å²) in [6.07, 6.45) is 2.70. The van der Waals surface area contributed by atoms with Gasteiger partial charge < -0.3 is 5.11 Å². The molecule has 0 saturated heterocycles. The highest BCUT2D eigenvalue weighted by Gasteiger charge is 2.22. The molecule has 0 saturated carbocycles. The highest BCUT2D eigenvalue weighted by molar-refractivity contribution is 7.92. The Morgan fingerprint density at radius 1 is 1.08 bits per heavy atom. The summed E-state index contributed by atoms with van der Waals surface area (Å²) >= 11 is 0. The van der Waals surface area contributed by atoms with E-state index in [1.54, 1.807) is 13.0 Å². The van der Waals surface area contributed by atoms with Gasteiger partial charge >= 0.3 is 0 Å². The van der Waals surface area contributed by atoms with Crippen molar-refractivity contribution in [2.45, 2.75) is 32.3 Å². The molecule has 2 rings (SSSR count). The van der Waals surface area contributed by atoms with Crippen molar-refractivity contribution >= 4 is 16.1 Å². The van der Waals surface area contributed by atoms with Crippen molar-refractivity contribution in [3.8, 4) is 0 Å². The largest absolute Gasteiger partial charge is 0.389 e. The molecule has 0 heterocycles. The maximum atomic E-state index is 12.1. The highest BCUT2D eigenvalue weighted by atomic mass is 32.2. The van der Waals surface area contributed by atoms with Crippen LogP contribution in [-0.4, -0.2) is 25.7 Å². The van der Waals surface area contributed by atoms with Crippen LogP contribution in [0.3, 0.4) is 0 Å². The van der Waals surface area contributed by atoms with Gasteiger partial charge in [-0.3, -0.25) is 0 Å². The quantitative estimate of drug-likeness (QED) is 0.760. The smallest absolute Gasteiger partial charge is 0.233 e. The summed E-state index contributed by atoms with van der Waals surface area (Å²) in [7, 11) is -3.60. The van der Waals surface area contributed by atoms with E-state index in [0.29, 0.717) is 12.8 Å². The minimum Gasteiger partial charge on any atom is -0.389 e. The zero-order chi connectivity index (χ0) is 18.3. The van der Waals surface area contributed by atoms with E-state index in [4.69, 9.17) is 0 Å². The molecule has 134 valence electrons. The second kappa shape index (κ2) is 8.43. The van der Waals surface area contributed by atoms with Gasteiger partial charge in [-0.25, -0.2) is 13.1 Å². The zero-order valence-corrected chi connectivity index (χ0v) is 15.5. The molecule has 0 fully saturated rings. The number of hydrogen-bond acceptors (Lipinski definition) is 3. The average molecular weight is 359 g/mol. The van der Waals surface area contributed by atoms with Gasteiger partial charge in [0.2, 0.25) is 10.0 Å². The summed E-state index contributed by atoms with van der Waals surface area (Å²) < 4.78 is 26.6. The first-order chi connectivity index (χ1) is 11.8. The van der Waals surface area contributed by atoms with Gasteiger partial charge in [-0.05, 0) is 43.9 Å². The third kappa shape index (κ3) is 7.22. The van der Waals surface area contributed by atoms with Crippen molar-refractivity contribution < 1.29 is 13.5 Å². The van der Waals surface area contributed by atoms with Gasteiger partial charge in [0.15, 0.2) is 0 Å². The van der Waals surface area contributed by atoms with Gasteiger partial charge in [-0.15, -0.1) is 0 Å². The summed E-state index contributed by atoms with van der Waals surface area (Å²) in [5, 5.41) is 11.5. The van der Waals surface area contributed by atoms with Crippen LogP contribution >= 0.6 is 0 Å². The summed E-state index contributed by atoms with van der Waals surface area (Å²) in [4.78, 5) is 0. The molecule has 0 spiro atoms. The Hall–Kier alpha value is -1.95. The molecule has 25 heavy (non-hydrogen) atoms. The maximum Gasteiger partial charge on any atom is 0.233 e. The van der Waals surface area contributed by atoms with Crippen LogP contribution in [-0.2, 0) is 16.4 Å². The molecule has 2 aromatic rings. The van der Waals surface area contributed by atoms with Crippen LogP contribution in [0.4, 0.5) is 0 Å². The predicted molar refractivity (Wildman–Crippen MR) is 103 cm³/mol. The van der Waals surface area contributed by atoms with Crippen molar-refractivity contribution in [1.82, 2.24) is 4.72 Å². The minimum absolute atomic E-state index is 0.0274. The SMILES string of the molecule is Cc1ccc(/C=C/S(=O)(=O)NC[C@](C)(O)CCc2ccccc2)cc1. The normalized spacial score (nSPS) is 14.5. The lowest BCUT2D eigenvalue weighted by Crippen LogP contribution is -2.40. The highest BCUT2D eigenvalue weighted by Crippen LogP contribution is 2.14. The molecule has 0 aliphatic rings. The molecule has 0 bridgehead atoms. The second-order valence-corrected chi connectivity index (χ2v) is 8.21. The van der Waals surface area contributed by atoms with Crippen LogP contribution in [0.1, 0.15) is 30.0 Å². The number of rotatable bonds is 8. The molecule has 4 nitrogen and oxygen atoms in total. The summed E-state index contributed by atoms with van der Waals surface area (Å²) in [5.74, 6) is 0. The van der Waals surface area contributed by atoms with Gasteiger partial charge in [0.05, 0.1) is 5.60 Å². The third-order valence-electron chi connectivity index (χ3n) is 3.97. The van der Waals surface area contributed by atoms with Gasteiger partial charge in [0.25, 0.3) is 0 Å². The molecule has 0 amide bonds. The fraction of sp³-hybridized carbons (Fsp3) is 0.300. The first-order valence-corrected chi connectivity index (χ1v) is 9.81. The monoisotopic (exact) mass is 359 g/mol. The molecular formula is C20H25NO3S. The maximum absolute atomic E-state index is 12.1.